The lowest BCUT2D eigenvalue weighted by Crippen LogP contribution is -2.07. The van der Waals surface area contributed by atoms with Gasteiger partial charge in [0.25, 0.3) is 0 Å². The summed E-state index contributed by atoms with van der Waals surface area (Å²) in [6.45, 7) is 1.15. The Morgan fingerprint density at radius 2 is 2.00 bits per heavy atom. The van der Waals surface area contributed by atoms with Gasteiger partial charge < -0.3 is 10.1 Å². The van der Waals surface area contributed by atoms with Crippen LogP contribution in [-0.4, -0.2) is 33.5 Å². The summed E-state index contributed by atoms with van der Waals surface area (Å²) >= 11 is 6.01. The number of fused-ring (bicyclic) bond motifs is 1. The summed E-state index contributed by atoms with van der Waals surface area (Å²) in [7, 11) is 1.65. The fraction of sp³-hybridized carbons (Fsp3) is 0.150. The van der Waals surface area contributed by atoms with Gasteiger partial charge in [-0.25, -0.2) is 4.39 Å². The Morgan fingerprint density at radius 3 is 2.86 bits per heavy atom. The van der Waals surface area contributed by atoms with Crippen molar-refractivity contribution in [1.29, 1.82) is 0 Å². The number of methoxy groups -OCH3 is 1. The summed E-state index contributed by atoms with van der Waals surface area (Å²) in [5.74, 6) is -0.377. The van der Waals surface area contributed by atoms with E-state index in [0.29, 0.717) is 29.4 Å². The molecule has 0 spiro atoms. The first-order chi connectivity index (χ1) is 13.7. The van der Waals surface area contributed by atoms with Crippen molar-refractivity contribution in [2.75, 3.05) is 19.0 Å². The number of aromatic nitrogens is 4. The van der Waals surface area contributed by atoms with Crippen LogP contribution in [0.15, 0.2) is 55.0 Å². The van der Waals surface area contributed by atoms with Crippen molar-refractivity contribution in [2.24, 2.45) is 0 Å². The monoisotopic (exact) mass is 397 g/mol. The van der Waals surface area contributed by atoms with Gasteiger partial charge in [0.2, 0.25) is 0 Å². The van der Waals surface area contributed by atoms with Gasteiger partial charge in [-0.05, 0) is 36.4 Å². The lowest BCUT2D eigenvalue weighted by molar-refractivity contribution is 0.185. The van der Waals surface area contributed by atoms with E-state index in [9.17, 15) is 4.39 Å². The number of rotatable bonds is 6. The highest BCUT2D eigenvalue weighted by Gasteiger charge is 2.11. The van der Waals surface area contributed by atoms with Crippen LogP contribution < -0.4 is 5.32 Å². The highest BCUT2D eigenvalue weighted by atomic mass is 35.5. The van der Waals surface area contributed by atoms with Crippen molar-refractivity contribution in [2.45, 2.75) is 6.54 Å². The number of ether oxygens (including phenoxy) is 1. The Hall–Kier alpha value is -3.03. The van der Waals surface area contributed by atoms with Crippen molar-refractivity contribution in [3.63, 3.8) is 0 Å². The second-order valence-corrected chi connectivity index (χ2v) is 6.57. The number of hydrogen-bond acceptors (Lipinski definition) is 5. The molecule has 142 valence electrons. The van der Waals surface area contributed by atoms with Gasteiger partial charge in [-0.1, -0.05) is 11.6 Å². The molecule has 0 radical (unpaired) electrons. The number of benzene rings is 1. The van der Waals surface area contributed by atoms with E-state index in [4.69, 9.17) is 16.3 Å². The first kappa shape index (κ1) is 18.3. The smallest absolute Gasteiger partial charge is 0.132 e. The molecule has 0 atom stereocenters. The average Bonchev–Trinajstić information content (AvgIpc) is 3.12. The Morgan fingerprint density at radius 1 is 1.14 bits per heavy atom. The molecule has 0 unspecified atom stereocenters. The van der Waals surface area contributed by atoms with Crippen molar-refractivity contribution >= 4 is 34.0 Å². The molecule has 0 saturated carbocycles. The van der Waals surface area contributed by atoms with Crippen LogP contribution in [0.3, 0.4) is 0 Å². The molecule has 8 heteroatoms. The molecule has 1 N–H and O–H groups in total. The molecule has 4 rings (SSSR count). The maximum Gasteiger partial charge on any atom is 0.132 e. The van der Waals surface area contributed by atoms with E-state index in [1.807, 2.05) is 16.8 Å². The van der Waals surface area contributed by atoms with Gasteiger partial charge in [0, 0.05) is 35.8 Å². The lowest BCUT2D eigenvalue weighted by Gasteiger charge is -2.11. The zero-order valence-electron chi connectivity index (χ0n) is 15.1. The first-order valence-corrected chi connectivity index (χ1v) is 9.01. The average molecular weight is 398 g/mol. The maximum atomic E-state index is 14.2. The van der Waals surface area contributed by atoms with Crippen LogP contribution in [-0.2, 0) is 11.3 Å². The molecule has 4 aromatic rings. The second kappa shape index (κ2) is 7.92. The van der Waals surface area contributed by atoms with E-state index in [0.717, 1.165) is 22.4 Å². The van der Waals surface area contributed by atoms with Gasteiger partial charge in [0.15, 0.2) is 0 Å². The zero-order valence-corrected chi connectivity index (χ0v) is 15.8. The van der Waals surface area contributed by atoms with E-state index in [2.05, 4.69) is 20.4 Å². The normalized spacial score (nSPS) is 11.1. The minimum atomic E-state index is -0.377. The molecule has 0 aliphatic carbocycles. The number of halogens is 2. The van der Waals surface area contributed by atoms with E-state index in [1.54, 1.807) is 37.8 Å². The predicted molar refractivity (Wildman–Crippen MR) is 107 cm³/mol. The third kappa shape index (κ3) is 3.67. The molecule has 3 heterocycles. The predicted octanol–water partition coefficient (Wildman–Crippen LogP) is 4.68. The maximum absolute atomic E-state index is 14.2. The van der Waals surface area contributed by atoms with Gasteiger partial charge in [0.1, 0.15) is 16.9 Å². The minimum Gasteiger partial charge on any atom is -0.383 e. The number of nitrogens with zero attached hydrogens (tertiary/aromatic N) is 4. The van der Waals surface area contributed by atoms with Gasteiger partial charge >= 0.3 is 0 Å². The number of anilines is 2. The molecule has 0 aliphatic heterocycles. The van der Waals surface area contributed by atoms with Crippen LogP contribution in [0.2, 0.25) is 5.02 Å². The van der Waals surface area contributed by atoms with Crippen molar-refractivity contribution in [3.05, 3.63) is 65.8 Å². The van der Waals surface area contributed by atoms with E-state index >= 15 is 0 Å². The Kier molecular flexibility index (Phi) is 5.18. The van der Waals surface area contributed by atoms with Gasteiger partial charge in [-0.15, -0.1) is 0 Å². The molecular weight excluding hydrogens is 381 g/mol. The minimum absolute atomic E-state index is 0.348. The molecule has 28 heavy (non-hydrogen) atoms. The largest absolute Gasteiger partial charge is 0.383 e. The summed E-state index contributed by atoms with van der Waals surface area (Å²) < 4.78 is 21.2. The third-order valence-electron chi connectivity index (χ3n) is 4.28. The highest BCUT2D eigenvalue weighted by molar-refractivity contribution is 6.30. The molecule has 6 nitrogen and oxygen atoms in total. The Labute approximate surface area is 166 Å². The summed E-state index contributed by atoms with van der Waals surface area (Å²) in [6, 6.07) is 9.86. The Balaban J connectivity index is 1.70. The van der Waals surface area contributed by atoms with Crippen LogP contribution in [0.5, 0.6) is 0 Å². The van der Waals surface area contributed by atoms with Gasteiger partial charge in [-0.3, -0.25) is 14.6 Å². The van der Waals surface area contributed by atoms with Crippen molar-refractivity contribution in [3.8, 4) is 11.3 Å². The second-order valence-electron chi connectivity index (χ2n) is 6.13. The molecule has 0 fully saturated rings. The molecular formula is C20H17ClFN5O. The lowest BCUT2D eigenvalue weighted by atomic mass is 10.1. The van der Waals surface area contributed by atoms with Gasteiger partial charge in [-0.2, -0.15) is 5.10 Å². The summed E-state index contributed by atoms with van der Waals surface area (Å²) in [4.78, 5) is 8.64. The van der Waals surface area contributed by atoms with Crippen molar-refractivity contribution < 1.29 is 9.13 Å². The fourth-order valence-corrected chi connectivity index (χ4v) is 3.14. The van der Waals surface area contributed by atoms with Crippen LogP contribution in [0, 0.1) is 5.82 Å². The van der Waals surface area contributed by atoms with Crippen LogP contribution in [0.25, 0.3) is 22.3 Å². The highest BCUT2D eigenvalue weighted by Crippen LogP contribution is 2.29. The van der Waals surface area contributed by atoms with Gasteiger partial charge in [0.05, 0.1) is 30.7 Å². The summed E-state index contributed by atoms with van der Waals surface area (Å²) in [6.07, 6.45) is 5.06. The Bertz CT molecular complexity index is 1130. The first-order valence-electron chi connectivity index (χ1n) is 8.63. The molecule has 0 saturated heterocycles. The quantitative estimate of drug-likeness (QED) is 0.512. The standard InChI is InChI=1S/C20H17ClFN5O/c1-28-9-8-27-20-17(5-7-24-19(20)12-25-27)26-14-4-6-23-18(11-14)15-10-13(21)2-3-16(15)22/h2-7,10-12H,8-9H2,1H3,(H,23,24,26). The fourth-order valence-electron chi connectivity index (χ4n) is 2.97. The zero-order chi connectivity index (χ0) is 19.5. The number of pyridine rings is 2. The topological polar surface area (TPSA) is 64.9 Å². The van der Waals surface area contributed by atoms with Crippen LogP contribution in [0.4, 0.5) is 15.8 Å². The SMILES string of the molecule is COCCn1ncc2nccc(Nc3ccnc(-c4cc(Cl)ccc4F)c3)c21. The van der Waals surface area contributed by atoms with Crippen molar-refractivity contribution in [1.82, 2.24) is 19.7 Å². The van der Waals surface area contributed by atoms with E-state index in [1.165, 1.54) is 12.1 Å². The number of nitrogens with one attached hydrogen (secondary N) is 1. The molecule has 1 aromatic carbocycles. The molecule has 0 bridgehead atoms. The molecule has 3 aromatic heterocycles. The van der Waals surface area contributed by atoms with Crippen LogP contribution in [0.1, 0.15) is 0 Å². The molecule has 0 amide bonds. The van der Waals surface area contributed by atoms with Crippen LogP contribution >= 0.6 is 11.6 Å². The third-order valence-corrected chi connectivity index (χ3v) is 4.52. The molecule has 0 aliphatic rings. The van der Waals surface area contributed by atoms with E-state index < -0.39 is 0 Å². The summed E-state index contributed by atoms with van der Waals surface area (Å²) in [5, 5.41) is 8.19. The number of hydrogen-bond donors (Lipinski definition) is 1. The summed E-state index contributed by atoms with van der Waals surface area (Å²) in [5.41, 5.74) is 4.08. The van der Waals surface area contributed by atoms with E-state index in [-0.39, 0.29) is 5.82 Å².